The molecule has 94 valence electrons. The number of aryl methyl sites for hydroxylation is 2. The Morgan fingerprint density at radius 3 is 2.72 bits per heavy atom. The minimum absolute atomic E-state index is 0.202. The van der Waals surface area contributed by atoms with Crippen LogP contribution in [-0.2, 0) is 12.8 Å². The van der Waals surface area contributed by atoms with E-state index in [4.69, 9.17) is 34.8 Å². The molecule has 0 radical (unpaired) electrons. The second-order valence-corrected chi connectivity index (χ2v) is 6.93. The van der Waals surface area contributed by atoms with Crippen molar-refractivity contribution in [2.24, 2.45) is 0 Å². The van der Waals surface area contributed by atoms with Gasteiger partial charge in [0.1, 0.15) is 0 Å². The topological polar surface area (TPSA) is 0 Å². The number of alkyl halides is 1. The molecule has 1 aromatic carbocycles. The van der Waals surface area contributed by atoms with Crippen LogP contribution < -0.4 is 0 Å². The number of rotatable bonds is 2. The molecule has 0 spiro atoms. The van der Waals surface area contributed by atoms with E-state index in [1.807, 2.05) is 6.07 Å². The maximum absolute atomic E-state index is 6.54. The lowest BCUT2D eigenvalue weighted by Crippen LogP contribution is -1.92. The van der Waals surface area contributed by atoms with Gasteiger partial charge in [-0.3, -0.25) is 0 Å². The third kappa shape index (κ3) is 2.30. The molecule has 3 rings (SSSR count). The lowest BCUT2D eigenvalue weighted by molar-refractivity contribution is 0.913. The van der Waals surface area contributed by atoms with E-state index < -0.39 is 0 Å². The van der Waals surface area contributed by atoms with Crippen LogP contribution in [-0.4, -0.2) is 0 Å². The Morgan fingerprint density at radius 2 is 1.94 bits per heavy atom. The van der Waals surface area contributed by atoms with Crippen LogP contribution in [0.5, 0.6) is 0 Å². The first-order valence-electron chi connectivity index (χ1n) is 5.85. The summed E-state index contributed by atoms with van der Waals surface area (Å²) in [4.78, 5) is 2.65. The van der Waals surface area contributed by atoms with Crippen LogP contribution in [0.4, 0.5) is 0 Å². The predicted octanol–water partition coefficient (Wildman–Crippen LogP) is 5.87. The molecule has 2 aromatic rings. The molecule has 0 saturated heterocycles. The molecule has 0 fully saturated rings. The molecule has 0 nitrogen and oxygen atoms in total. The minimum Gasteiger partial charge on any atom is -0.143 e. The number of hydrogen-bond donors (Lipinski definition) is 0. The predicted molar refractivity (Wildman–Crippen MR) is 80.5 cm³/mol. The molecule has 0 bridgehead atoms. The zero-order chi connectivity index (χ0) is 12.7. The number of benzene rings is 1. The van der Waals surface area contributed by atoms with E-state index in [2.05, 4.69) is 6.07 Å². The quantitative estimate of drug-likeness (QED) is 0.607. The zero-order valence-corrected chi connectivity index (χ0v) is 12.6. The molecule has 0 saturated carbocycles. The summed E-state index contributed by atoms with van der Waals surface area (Å²) in [6.45, 7) is 0. The zero-order valence-electron chi connectivity index (χ0n) is 9.55. The second kappa shape index (κ2) is 5.05. The molecule has 4 heteroatoms. The van der Waals surface area contributed by atoms with Crippen molar-refractivity contribution in [3.8, 4) is 0 Å². The van der Waals surface area contributed by atoms with Crippen molar-refractivity contribution in [2.45, 2.75) is 24.6 Å². The monoisotopic (exact) mass is 316 g/mol. The first-order valence-corrected chi connectivity index (χ1v) is 7.86. The van der Waals surface area contributed by atoms with Gasteiger partial charge in [0.15, 0.2) is 0 Å². The highest BCUT2D eigenvalue weighted by Crippen LogP contribution is 2.41. The Kier molecular flexibility index (Phi) is 3.59. The van der Waals surface area contributed by atoms with E-state index in [-0.39, 0.29) is 5.38 Å². The van der Waals surface area contributed by atoms with Crippen molar-refractivity contribution in [2.75, 3.05) is 0 Å². The second-order valence-electron chi connectivity index (χ2n) is 4.48. The normalized spacial score (nSPS) is 15.7. The van der Waals surface area contributed by atoms with E-state index in [0.29, 0.717) is 10.0 Å². The van der Waals surface area contributed by atoms with E-state index >= 15 is 0 Å². The van der Waals surface area contributed by atoms with Gasteiger partial charge in [-0.05, 0) is 54.7 Å². The molecule has 0 amide bonds. The molecule has 1 unspecified atom stereocenters. The molecule has 1 heterocycles. The highest BCUT2D eigenvalue weighted by Gasteiger charge is 2.21. The maximum Gasteiger partial charge on any atom is 0.0942 e. The smallest absolute Gasteiger partial charge is 0.0942 e. The van der Waals surface area contributed by atoms with Gasteiger partial charge >= 0.3 is 0 Å². The Hall–Kier alpha value is -0.210. The van der Waals surface area contributed by atoms with Gasteiger partial charge in [0.2, 0.25) is 0 Å². The van der Waals surface area contributed by atoms with E-state index in [0.717, 1.165) is 5.56 Å². The van der Waals surface area contributed by atoms with Crippen LogP contribution in [0, 0.1) is 0 Å². The molecular formula is C14H11Cl3S. The molecule has 0 N–H and O–H groups in total. The maximum atomic E-state index is 6.54. The Balaban J connectivity index is 1.98. The first-order chi connectivity index (χ1) is 8.65. The fourth-order valence-electron chi connectivity index (χ4n) is 2.34. The van der Waals surface area contributed by atoms with Gasteiger partial charge in [0.25, 0.3) is 0 Å². The average molecular weight is 318 g/mol. The number of fused-ring (bicyclic) bond motifs is 1. The summed E-state index contributed by atoms with van der Waals surface area (Å²) in [5.41, 5.74) is 2.35. The molecule has 1 aromatic heterocycles. The van der Waals surface area contributed by atoms with Gasteiger partial charge in [-0.25, -0.2) is 0 Å². The SMILES string of the molecule is Clc1ccc(Cl)c(C(Cl)c2cc3c(s2)CCC3)c1. The lowest BCUT2D eigenvalue weighted by Gasteiger charge is -2.10. The summed E-state index contributed by atoms with van der Waals surface area (Å²) in [5.74, 6) is 0. The standard InChI is InChI=1S/C14H11Cl3S/c15-9-4-5-11(16)10(7-9)14(17)13-6-8-2-1-3-12(8)18-13/h4-7,14H,1-3H2. The van der Waals surface area contributed by atoms with Gasteiger partial charge in [0, 0.05) is 19.8 Å². The van der Waals surface area contributed by atoms with Crippen LogP contribution in [0.15, 0.2) is 24.3 Å². The molecule has 1 aliphatic rings. The van der Waals surface area contributed by atoms with Gasteiger partial charge in [-0.2, -0.15) is 0 Å². The summed E-state index contributed by atoms with van der Waals surface area (Å²) < 4.78 is 0. The van der Waals surface area contributed by atoms with Crippen LogP contribution >= 0.6 is 46.1 Å². The van der Waals surface area contributed by atoms with Crippen LogP contribution in [0.2, 0.25) is 10.0 Å². The summed E-state index contributed by atoms with van der Waals surface area (Å²) in [5, 5.41) is 1.14. The summed E-state index contributed by atoms with van der Waals surface area (Å²) >= 11 is 20.6. The highest BCUT2D eigenvalue weighted by atomic mass is 35.5. The lowest BCUT2D eigenvalue weighted by atomic mass is 10.1. The average Bonchev–Trinajstić information content (AvgIpc) is 2.91. The third-order valence-electron chi connectivity index (χ3n) is 3.25. The van der Waals surface area contributed by atoms with E-state index in [1.165, 1.54) is 34.6 Å². The minimum atomic E-state index is -0.202. The largest absolute Gasteiger partial charge is 0.143 e. The summed E-state index contributed by atoms with van der Waals surface area (Å²) in [6.07, 6.45) is 3.64. The van der Waals surface area contributed by atoms with Crippen LogP contribution in [0.1, 0.15) is 32.7 Å². The summed E-state index contributed by atoms with van der Waals surface area (Å²) in [7, 11) is 0. The van der Waals surface area contributed by atoms with Crippen LogP contribution in [0.25, 0.3) is 0 Å². The van der Waals surface area contributed by atoms with Gasteiger partial charge < -0.3 is 0 Å². The number of halogens is 3. The van der Waals surface area contributed by atoms with Gasteiger partial charge in [-0.15, -0.1) is 22.9 Å². The fourth-order valence-corrected chi connectivity index (χ4v) is 4.43. The van der Waals surface area contributed by atoms with E-state index in [1.54, 1.807) is 23.5 Å². The Labute approximate surface area is 125 Å². The number of hydrogen-bond acceptors (Lipinski definition) is 1. The Bertz CT molecular complexity index is 567. The van der Waals surface area contributed by atoms with Crippen molar-refractivity contribution in [3.05, 3.63) is 55.2 Å². The van der Waals surface area contributed by atoms with Crippen molar-refractivity contribution in [1.82, 2.24) is 0 Å². The van der Waals surface area contributed by atoms with Crippen molar-refractivity contribution in [1.29, 1.82) is 0 Å². The first kappa shape index (κ1) is 12.8. The Morgan fingerprint density at radius 1 is 1.11 bits per heavy atom. The van der Waals surface area contributed by atoms with Gasteiger partial charge in [0.05, 0.1) is 5.38 Å². The van der Waals surface area contributed by atoms with Gasteiger partial charge in [-0.1, -0.05) is 23.2 Å². The molecular weight excluding hydrogens is 307 g/mol. The third-order valence-corrected chi connectivity index (χ3v) is 5.73. The summed E-state index contributed by atoms with van der Waals surface area (Å²) in [6, 6.07) is 7.66. The van der Waals surface area contributed by atoms with E-state index in [9.17, 15) is 0 Å². The molecule has 0 aliphatic heterocycles. The van der Waals surface area contributed by atoms with Crippen molar-refractivity contribution < 1.29 is 0 Å². The fraction of sp³-hybridized carbons (Fsp3) is 0.286. The van der Waals surface area contributed by atoms with Crippen molar-refractivity contribution in [3.63, 3.8) is 0 Å². The molecule has 1 atom stereocenters. The number of thiophene rings is 1. The van der Waals surface area contributed by atoms with Crippen LogP contribution in [0.3, 0.4) is 0 Å². The molecule has 18 heavy (non-hydrogen) atoms. The van der Waals surface area contributed by atoms with Crippen molar-refractivity contribution >= 4 is 46.1 Å². The molecule has 1 aliphatic carbocycles. The highest BCUT2D eigenvalue weighted by molar-refractivity contribution is 7.12.